The molecule has 1 aromatic carbocycles. The van der Waals surface area contributed by atoms with Gasteiger partial charge in [0.05, 0.1) is 18.9 Å². The van der Waals surface area contributed by atoms with Gasteiger partial charge in [-0.15, -0.1) is 0 Å². The summed E-state index contributed by atoms with van der Waals surface area (Å²) in [6.45, 7) is 1.85. The molecule has 0 bridgehead atoms. The summed E-state index contributed by atoms with van der Waals surface area (Å²) >= 11 is 5.82. The summed E-state index contributed by atoms with van der Waals surface area (Å²) in [6, 6.07) is 6.32. The van der Waals surface area contributed by atoms with Gasteiger partial charge in [-0.2, -0.15) is 5.26 Å². The molecular formula is C14H14ClN3O3. The summed E-state index contributed by atoms with van der Waals surface area (Å²) < 4.78 is 5.16. The first-order valence-electron chi connectivity index (χ1n) is 6.34. The monoisotopic (exact) mass is 307 g/mol. The van der Waals surface area contributed by atoms with Gasteiger partial charge in [0.2, 0.25) is 0 Å². The Labute approximate surface area is 127 Å². The van der Waals surface area contributed by atoms with Gasteiger partial charge < -0.3 is 20.1 Å². The van der Waals surface area contributed by atoms with Gasteiger partial charge in [-0.1, -0.05) is 11.6 Å². The van der Waals surface area contributed by atoms with E-state index in [2.05, 4.69) is 5.32 Å². The first-order chi connectivity index (χ1) is 10.1. The Balaban J connectivity index is 2.11. The van der Waals surface area contributed by atoms with E-state index >= 15 is 0 Å². The fraction of sp³-hybridized carbons (Fsp3) is 0.286. The summed E-state index contributed by atoms with van der Waals surface area (Å²) in [6.07, 6.45) is 1.27. The fourth-order valence-electron chi connectivity index (χ4n) is 1.85. The van der Waals surface area contributed by atoms with Crippen LogP contribution in [0.2, 0.25) is 5.02 Å². The number of carbonyl (C=O) groups is 1. The number of phenols is 1. The van der Waals surface area contributed by atoms with E-state index in [-0.39, 0.29) is 17.2 Å². The molecule has 7 heteroatoms. The van der Waals surface area contributed by atoms with E-state index in [1.165, 1.54) is 24.4 Å². The molecule has 0 atom stereocenters. The van der Waals surface area contributed by atoms with Gasteiger partial charge in [-0.3, -0.25) is 4.79 Å². The number of aromatic hydroxyl groups is 1. The number of ether oxygens (including phenoxy) is 1. The van der Waals surface area contributed by atoms with Crippen molar-refractivity contribution in [3.05, 3.63) is 35.0 Å². The van der Waals surface area contributed by atoms with Crippen LogP contribution in [0.15, 0.2) is 30.0 Å². The number of rotatable bonds is 3. The third kappa shape index (κ3) is 3.88. The van der Waals surface area contributed by atoms with E-state index in [4.69, 9.17) is 21.6 Å². The molecule has 0 spiro atoms. The molecule has 0 saturated carbocycles. The Bertz CT molecular complexity index is 604. The molecule has 1 fully saturated rings. The topological polar surface area (TPSA) is 85.6 Å². The Kier molecular flexibility index (Phi) is 5.04. The number of carbonyl (C=O) groups excluding carboxylic acids is 1. The van der Waals surface area contributed by atoms with Crippen LogP contribution >= 0.6 is 11.6 Å². The summed E-state index contributed by atoms with van der Waals surface area (Å²) in [4.78, 5) is 13.7. The molecule has 0 aromatic heterocycles. The minimum atomic E-state index is -0.366. The second kappa shape index (κ2) is 6.97. The summed E-state index contributed by atoms with van der Waals surface area (Å²) in [5, 5.41) is 21.9. The third-order valence-electron chi connectivity index (χ3n) is 2.98. The number of benzene rings is 1. The van der Waals surface area contributed by atoms with Crippen LogP contribution < -0.4 is 5.32 Å². The summed E-state index contributed by atoms with van der Waals surface area (Å²) in [5.74, 6) is -0.387. The third-order valence-corrected chi connectivity index (χ3v) is 3.21. The highest BCUT2D eigenvalue weighted by Crippen LogP contribution is 2.26. The van der Waals surface area contributed by atoms with Crippen molar-refractivity contribution in [1.29, 1.82) is 5.26 Å². The Morgan fingerprint density at radius 3 is 2.86 bits per heavy atom. The molecule has 0 radical (unpaired) electrons. The average Bonchev–Trinajstić information content (AvgIpc) is 2.51. The molecule has 110 valence electrons. The normalized spacial score (nSPS) is 15.4. The molecule has 1 amide bonds. The van der Waals surface area contributed by atoms with E-state index in [0.717, 1.165) is 0 Å². The molecule has 0 aliphatic carbocycles. The predicted molar refractivity (Wildman–Crippen MR) is 77.8 cm³/mol. The van der Waals surface area contributed by atoms with E-state index in [9.17, 15) is 9.90 Å². The zero-order valence-electron chi connectivity index (χ0n) is 11.2. The zero-order valence-corrected chi connectivity index (χ0v) is 11.9. The number of nitriles is 1. The Hall–Kier alpha value is -2.23. The first kappa shape index (κ1) is 15.2. The Morgan fingerprint density at radius 2 is 2.19 bits per heavy atom. The molecule has 1 heterocycles. The van der Waals surface area contributed by atoms with Crippen molar-refractivity contribution < 1.29 is 14.6 Å². The largest absolute Gasteiger partial charge is 0.506 e. The quantitative estimate of drug-likeness (QED) is 0.504. The van der Waals surface area contributed by atoms with Crippen LogP contribution in [0.25, 0.3) is 0 Å². The fourth-order valence-corrected chi connectivity index (χ4v) is 2.02. The van der Waals surface area contributed by atoms with Crippen LogP contribution in [0.1, 0.15) is 0 Å². The summed E-state index contributed by atoms with van der Waals surface area (Å²) in [5.41, 5.74) is 0.279. The van der Waals surface area contributed by atoms with E-state index in [1.807, 2.05) is 6.07 Å². The van der Waals surface area contributed by atoms with Crippen molar-refractivity contribution in [1.82, 2.24) is 4.90 Å². The molecule has 1 saturated heterocycles. The van der Waals surface area contributed by atoms with Crippen LogP contribution in [0.5, 0.6) is 5.75 Å². The number of nitrogens with one attached hydrogen (secondary N) is 1. The minimum Gasteiger partial charge on any atom is -0.506 e. The molecule has 1 aliphatic rings. The van der Waals surface area contributed by atoms with Gasteiger partial charge in [0.1, 0.15) is 17.4 Å². The number of anilines is 1. The van der Waals surface area contributed by atoms with Crippen molar-refractivity contribution in [3.8, 4) is 11.8 Å². The molecule has 21 heavy (non-hydrogen) atoms. The first-order valence-corrected chi connectivity index (χ1v) is 6.72. The molecular weight excluding hydrogens is 294 g/mol. The van der Waals surface area contributed by atoms with E-state index in [1.54, 1.807) is 4.90 Å². The lowest BCUT2D eigenvalue weighted by molar-refractivity contribution is -0.130. The molecule has 0 unspecified atom stereocenters. The van der Waals surface area contributed by atoms with Gasteiger partial charge in [0.25, 0.3) is 5.91 Å². The van der Waals surface area contributed by atoms with Gasteiger partial charge >= 0.3 is 0 Å². The number of amides is 1. The number of halogens is 1. The zero-order chi connectivity index (χ0) is 15.2. The molecule has 2 N–H and O–H groups in total. The predicted octanol–water partition coefficient (Wildman–Crippen LogP) is 1.72. The smallest absolute Gasteiger partial charge is 0.266 e. The Morgan fingerprint density at radius 1 is 1.48 bits per heavy atom. The number of hydrogen-bond acceptors (Lipinski definition) is 5. The van der Waals surface area contributed by atoms with Crippen LogP contribution in [0.3, 0.4) is 0 Å². The SMILES string of the molecule is N#C/C(=C/Nc1cc(Cl)ccc1O)C(=O)N1CCOCC1. The average molecular weight is 308 g/mol. The lowest BCUT2D eigenvalue weighted by Gasteiger charge is -2.26. The van der Waals surface area contributed by atoms with Gasteiger partial charge in [-0.05, 0) is 18.2 Å². The van der Waals surface area contributed by atoms with Gasteiger partial charge in [-0.25, -0.2) is 0 Å². The molecule has 1 aromatic rings. The lowest BCUT2D eigenvalue weighted by atomic mass is 10.2. The van der Waals surface area contributed by atoms with Gasteiger partial charge in [0, 0.05) is 24.3 Å². The van der Waals surface area contributed by atoms with Crippen molar-refractivity contribution in [2.75, 3.05) is 31.6 Å². The molecule has 2 rings (SSSR count). The van der Waals surface area contributed by atoms with Crippen molar-refractivity contribution >= 4 is 23.2 Å². The van der Waals surface area contributed by atoms with Crippen LogP contribution in [-0.2, 0) is 9.53 Å². The number of morpholine rings is 1. The second-order valence-corrected chi connectivity index (χ2v) is 4.82. The van der Waals surface area contributed by atoms with Crippen LogP contribution in [0.4, 0.5) is 5.69 Å². The maximum absolute atomic E-state index is 12.2. The van der Waals surface area contributed by atoms with Crippen molar-refractivity contribution in [2.45, 2.75) is 0 Å². The van der Waals surface area contributed by atoms with Crippen molar-refractivity contribution in [3.63, 3.8) is 0 Å². The number of hydrogen-bond donors (Lipinski definition) is 2. The highest BCUT2D eigenvalue weighted by Gasteiger charge is 2.20. The highest BCUT2D eigenvalue weighted by atomic mass is 35.5. The number of nitrogens with zero attached hydrogens (tertiary/aromatic N) is 2. The minimum absolute atomic E-state index is 0.0215. The van der Waals surface area contributed by atoms with Gasteiger partial charge in [0.15, 0.2) is 0 Å². The second-order valence-electron chi connectivity index (χ2n) is 4.38. The summed E-state index contributed by atoms with van der Waals surface area (Å²) in [7, 11) is 0. The maximum Gasteiger partial charge on any atom is 0.266 e. The molecule has 6 nitrogen and oxygen atoms in total. The highest BCUT2D eigenvalue weighted by molar-refractivity contribution is 6.30. The van der Waals surface area contributed by atoms with E-state index in [0.29, 0.717) is 37.0 Å². The lowest BCUT2D eigenvalue weighted by Crippen LogP contribution is -2.41. The molecule has 1 aliphatic heterocycles. The van der Waals surface area contributed by atoms with Crippen LogP contribution in [-0.4, -0.2) is 42.2 Å². The standard InChI is InChI=1S/C14H14ClN3O3/c15-11-1-2-13(19)12(7-11)17-9-10(8-16)14(20)18-3-5-21-6-4-18/h1-2,7,9,17,19H,3-6H2/b10-9-. The van der Waals surface area contributed by atoms with Crippen molar-refractivity contribution in [2.24, 2.45) is 0 Å². The van der Waals surface area contributed by atoms with E-state index < -0.39 is 0 Å². The number of phenolic OH excluding ortho intramolecular Hbond substituents is 1. The van der Waals surface area contributed by atoms with Crippen LogP contribution in [0, 0.1) is 11.3 Å². The maximum atomic E-state index is 12.2.